The number of nitrogens with one attached hydrogen (secondary N) is 1. The zero-order chi connectivity index (χ0) is 16.4. The molecule has 3 rings (SSSR count). The van der Waals surface area contributed by atoms with E-state index in [1.54, 1.807) is 6.07 Å². The first kappa shape index (κ1) is 15.8. The Hall–Kier alpha value is -2.08. The van der Waals surface area contributed by atoms with Crippen molar-refractivity contribution in [2.45, 2.75) is 19.0 Å². The lowest BCUT2D eigenvalue weighted by atomic mass is 10.0. The molecule has 0 saturated carbocycles. The third-order valence-corrected chi connectivity index (χ3v) is 4.12. The highest BCUT2D eigenvalue weighted by atomic mass is 32.1. The fraction of sp³-hybridized carbons (Fsp3) is 0.235. The molecule has 0 fully saturated rings. The van der Waals surface area contributed by atoms with Crippen LogP contribution in [0.5, 0.6) is 0 Å². The Morgan fingerprint density at radius 2 is 1.87 bits per heavy atom. The molecule has 0 aromatic heterocycles. The van der Waals surface area contributed by atoms with Gasteiger partial charge in [-0.05, 0) is 54.9 Å². The number of hydrogen-bond acceptors (Lipinski definition) is 1. The SMILES string of the molecule is FC(F)(F)c1cccc(NC(=S)N2CCCc3ccccc32)c1. The van der Waals surface area contributed by atoms with Crippen molar-refractivity contribution in [3.05, 3.63) is 59.7 Å². The number of hydrogen-bond donors (Lipinski definition) is 1. The highest BCUT2D eigenvalue weighted by Gasteiger charge is 2.30. The Labute approximate surface area is 137 Å². The Balaban J connectivity index is 1.81. The lowest BCUT2D eigenvalue weighted by Gasteiger charge is -2.31. The van der Waals surface area contributed by atoms with Gasteiger partial charge in [0.1, 0.15) is 0 Å². The van der Waals surface area contributed by atoms with Crippen LogP contribution in [0.2, 0.25) is 0 Å². The summed E-state index contributed by atoms with van der Waals surface area (Å²) in [5.41, 5.74) is 1.87. The first-order valence-electron chi connectivity index (χ1n) is 7.29. The zero-order valence-corrected chi connectivity index (χ0v) is 13.0. The molecule has 120 valence electrons. The second-order valence-corrected chi connectivity index (χ2v) is 5.78. The number of thiocarbonyl (C=S) groups is 1. The molecule has 0 unspecified atom stereocenters. The summed E-state index contributed by atoms with van der Waals surface area (Å²) in [6.45, 7) is 0.752. The van der Waals surface area contributed by atoms with Crippen LogP contribution in [0, 0.1) is 0 Å². The number of para-hydroxylation sites is 1. The second-order valence-electron chi connectivity index (χ2n) is 5.39. The normalized spacial score (nSPS) is 14.3. The number of fused-ring (bicyclic) bond motifs is 1. The number of alkyl halides is 3. The lowest BCUT2D eigenvalue weighted by molar-refractivity contribution is -0.137. The third kappa shape index (κ3) is 3.47. The van der Waals surface area contributed by atoms with Crippen LogP contribution >= 0.6 is 12.2 Å². The van der Waals surface area contributed by atoms with E-state index in [-0.39, 0.29) is 0 Å². The predicted molar refractivity (Wildman–Crippen MR) is 89.8 cm³/mol. The molecular formula is C17H15F3N2S. The number of anilines is 2. The van der Waals surface area contributed by atoms with Gasteiger partial charge in [-0.15, -0.1) is 0 Å². The van der Waals surface area contributed by atoms with Crippen LogP contribution in [0.3, 0.4) is 0 Å². The first-order chi connectivity index (χ1) is 10.9. The first-order valence-corrected chi connectivity index (χ1v) is 7.70. The number of rotatable bonds is 1. The molecule has 1 aliphatic heterocycles. The van der Waals surface area contributed by atoms with Crippen LogP contribution in [0.25, 0.3) is 0 Å². The van der Waals surface area contributed by atoms with Gasteiger partial charge in [0.15, 0.2) is 5.11 Å². The fourth-order valence-electron chi connectivity index (χ4n) is 2.71. The summed E-state index contributed by atoms with van der Waals surface area (Å²) in [6, 6.07) is 13.0. The molecule has 2 aromatic carbocycles. The van der Waals surface area contributed by atoms with Gasteiger partial charge in [-0.3, -0.25) is 0 Å². The summed E-state index contributed by atoms with van der Waals surface area (Å²) < 4.78 is 38.4. The van der Waals surface area contributed by atoms with Gasteiger partial charge >= 0.3 is 6.18 Å². The minimum atomic E-state index is -4.36. The molecule has 0 amide bonds. The van der Waals surface area contributed by atoms with Crippen molar-refractivity contribution in [1.29, 1.82) is 0 Å². The number of benzene rings is 2. The standard InChI is InChI=1S/C17H15F3N2S/c18-17(19,20)13-7-3-8-14(11-13)21-16(23)22-10-4-6-12-5-1-2-9-15(12)22/h1-3,5,7-9,11H,4,6,10H2,(H,21,23). The molecule has 0 aliphatic carbocycles. The van der Waals surface area contributed by atoms with Crippen LogP contribution in [0.4, 0.5) is 24.5 Å². The molecule has 1 aliphatic rings. The highest BCUT2D eigenvalue weighted by Crippen LogP contribution is 2.31. The van der Waals surface area contributed by atoms with E-state index in [2.05, 4.69) is 5.32 Å². The van der Waals surface area contributed by atoms with E-state index in [1.807, 2.05) is 29.2 Å². The third-order valence-electron chi connectivity index (χ3n) is 3.80. The minimum absolute atomic E-state index is 0.341. The van der Waals surface area contributed by atoms with Gasteiger partial charge < -0.3 is 10.2 Å². The van der Waals surface area contributed by atoms with E-state index in [1.165, 1.54) is 11.6 Å². The summed E-state index contributed by atoms with van der Waals surface area (Å²) in [5, 5.41) is 3.34. The Morgan fingerprint density at radius 1 is 1.09 bits per heavy atom. The molecular weight excluding hydrogens is 321 g/mol. The second kappa shape index (κ2) is 6.20. The fourth-order valence-corrected chi connectivity index (χ4v) is 3.02. The largest absolute Gasteiger partial charge is 0.416 e. The Kier molecular flexibility index (Phi) is 4.26. The van der Waals surface area contributed by atoms with E-state index in [0.717, 1.165) is 37.2 Å². The average Bonchev–Trinajstić information content (AvgIpc) is 2.53. The predicted octanol–water partition coefficient (Wildman–Crippen LogP) is 4.86. The molecule has 6 heteroatoms. The van der Waals surface area contributed by atoms with Gasteiger partial charge in [-0.2, -0.15) is 13.2 Å². The van der Waals surface area contributed by atoms with E-state index < -0.39 is 11.7 Å². The topological polar surface area (TPSA) is 15.3 Å². The molecule has 2 aromatic rings. The summed E-state index contributed by atoms with van der Waals surface area (Å²) in [5.74, 6) is 0. The quantitative estimate of drug-likeness (QED) is 0.749. The maximum atomic E-state index is 12.8. The van der Waals surface area contributed by atoms with Crippen molar-refractivity contribution in [1.82, 2.24) is 0 Å². The van der Waals surface area contributed by atoms with Gasteiger partial charge in [-0.1, -0.05) is 24.3 Å². The summed E-state index contributed by atoms with van der Waals surface area (Å²) in [4.78, 5) is 1.94. The van der Waals surface area contributed by atoms with Crippen molar-refractivity contribution < 1.29 is 13.2 Å². The average molecular weight is 336 g/mol. The summed E-state index contributed by atoms with van der Waals surface area (Å²) in [6.07, 6.45) is -2.42. The van der Waals surface area contributed by atoms with Crippen molar-refractivity contribution >= 4 is 28.7 Å². The van der Waals surface area contributed by atoms with Crippen molar-refractivity contribution in [2.75, 3.05) is 16.8 Å². The summed E-state index contributed by atoms with van der Waals surface area (Å²) >= 11 is 5.40. The maximum absolute atomic E-state index is 12.8. The minimum Gasteiger partial charge on any atom is -0.332 e. The van der Waals surface area contributed by atoms with E-state index >= 15 is 0 Å². The molecule has 0 spiro atoms. The van der Waals surface area contributed by atoms with Gasteiger partial charge in [0.2, 0.25) is 0 Å². The molecule has 23 heavy (non-hydrogen) atoms. The van der Waals surface area contributed by atoms with Crippen LogP contribution in [-0.4, -0.2) is 11.7 Å². The van der Waals surface area contributed by atoms with Crippen LogP contribution < -0.4 is 10.2 Å². The van der Waals surface area contributed by atoms with Crippen molar-refractivity contribution in [2.24, 2.45) is 0 Å². The molecule has 0 saturated heterocycles. The Morgan fingerprint density at radius 3 is 2.65 bits per heavy atom. The number of halogens is 3. The maximum Gasteiger partial charge on any atom is 0.416 e. The Bertz CT molecular complexity index is 728. The molecule has 0 bridgehead atoms. The molecule has 0 radical (unpaired) electrons. The van der Waals surface area contributed by atoms with E-state index in [0.29, 0.717) is 10.8 Å². The van der Waals surface area contributed by atoms with Crippen LogP contribution in [-0.2, 0) is 12.6 Å². The number of aryl methyl sites for hydroxylation is 1. The van der Waals surface area contributed by atoms with Crippen molar-refractivity contribution in [3.8, 4) is 0 Å². The van der Waals surface area contributed by atoms with Crippen LogP contribution in [0.15, 0.2) is 48.5 Å². The van der Waals surface area contributed by atoms with E-state index in [9.17, 15) is 13.2 Å². The van der Waals surface area contributed by atoms with Gasteiger partial charge in [0, 0.05) is 17.9 Å². The molecule has 0 atom stereocenters. The molecule has 1 N–H and O–H groups in total. The number of nitrogens with zero attached hydrogens (tertiary/aromatic N) is 1. The smallest absolute Gasteiger partial charge is 0.332 e. The monoisotopic (exact) mass is 336 g/mol. The molecule has 2 nitrogen and oxygen atoms in total. The van der Waals surface area contributed by atoms with E-state index in [4.69, 9.17) is 12.2 Å². The van der Waals surface area contributed by atoms with Gasteiger partial charge in [-0.25, -0.2) is 0 Å². The zero-order valence-electron chi connectivity index (χ0n) is 12.2. The van der Waals surface area contributed by atoms with Crippen LogP contribution in [0.1, 0.15) is 17.5 Å². The molecule has 1 heterocycles. The highest BCUT2D eigenvalue weighted by molar-refractivity contribution is 7.80. The van der Waals surface area contributed by atoms with Crippen molar-refractivity contribution in [3.63, 3.8) is 0 Å². The lowest BCUT2D eigenvalue weighted by Crippen LogP contribution is -2.38. The summed E-state index contributed by atoms with van der Waals surface area (Å²) in [7, 11) is 0. The van der Waals surface area contributed by atoms with Gasteiger partial charge in [0.25, 0.3) is 0 Å². The van der Waals surface area contributed by atoms with Gasteiger partial charge in [0.05, 0.1) is 5.56 Å².